The molecule has 0 atom stereocenters. The van der Waals surface area contributed by atoms with Crippen molar-refractivity contribution in [3.63, 3.8) is 0 Å². The van der Waals surface area contributed by atoms with Gasteiger partial charge in [0.25, 0.3) is 0 Å². The summed E-state index contributed by atoms with van der Waals surface area (Å²) in [6.45, 7) is 0. The van der Waals surface area contributed by atoms with Crippen LogP contribution in [0.4, 0.5) is 0 Å². The number of nitrogens with two attached hydrogens (primary N) is 1. The average molecular weight is 345 g/mol. The molecular weight excluding hydrogens is 328 g/mol. The number of hydrogen-bond donors (Lipinski definition) is 1. The lowest BCUT2D eigenvalue weighted by molar-refractivity contribution is 0.844. The van der Waals surface area contributed by atoms with Gasteiger partial charge in [-0.05, 0) is 30.5 Å². The number of aromatic nitrogens is 3. The molecule has 0 saturated heterocycles. The van der Waals surface area contributed by atoms with Crippen LogP contribution in [0.15, 0.2) is 59.8 Å². The molecule has 0 bridgehead atoms. The molecule has 0 unspecified atom stereocenters. The van der Waals surface area contributed by atoms with E-state index in [2.05, 4.69) is 34.5 Å². The van der Waals surface area contributed by atoms with Gasteiger partial charge in [-0.15, -0.1) is 10.2 Å². The predicted molar refractivity (Wildman–Crippen MR) is 96.1 cm³/mol. The second kappa shape index (κ2) is 7.53. The molecule has 0 aliphatic rings. The van der Waals surface area contributed by atoms with Crippen LogP contribution in [-0.4, -0.2) is 20.6 Å². The van der Waals surface area contributed by atoms with E-state index in [1.54, 1.807) is 11.8 Å². The van der Waals surface area contributed by atoms with Crippen LogP contribution < -0.4 is 5.84 Å². The van der Waals surface area contributed by atoms with E-state index in [1.165, 1.54) is 10.2 Å². The number of benzene rings is 2. The molecule has 2 aromatic carbocycles. The fourth-order valence-electron chi connectivity index (χ4n) is 2.29. The quantitative estimate of drug-likeness (QED) is 0.416. The zero-order valence-electron chi connectivity index (χ0n) is 12.5. The van der Waals surface area contributed by atoms with Gasteiger partial charge in [0.15, 0.2) is 5.82 Å². The van der Waals surface area contributed by atoms with Crippen molar-refractivity contribution in [2.45, 2.75) is 18.0 Å². The number of nitrogens with zero attached hydrogens (tertiary/aromatic N) is 3. The van der Waals surface area contributed by atoms with Gasteiger partial charge in [-0.2, -0.15) is 0 Å². The Kier molecular flexibility index (Phi) is 5.20. The van der Waals surface area contributed by atoms with Gasteiger partial charge in [0.05, 0.1) is 5.02 Å². The third-order valence-electron chi connectivity index (χ3n) is 3.46. The van der Waals surface area contributed by atoms with Crippen molar-refractivity contribution in [3.05, 3.63) is 65.2 Å². The molecule has 0 fully saturated rings. The molecule has 1 heterocycles. The molecule has 3 aromatic rings. The minimum Gasteiger partial charge on any atom is -0.335 e. The van der Waals surface area contributed by atoms with Gasteiger partial charge in [0.1, 0.15) is 0 Å². The van der Waals surface area contributed by atoms with Gasteiger partial charge in [-0.25, -0.2) is 4.68 Å². The molecule has 0 aliphatic heterocycles. The summed E-state index contributed by atoms with van der Waals surface area (Å²) in [5.41, 5.74) is 2.14. The smallest absolute Gasteiger partial charge is 0.210 e. The van der Waals surface area contributed by atoms with Gasteiger partial charge in [-0.3, -0.25) is 0 Å². The Morgan fingerprint density at radius 3 is 2.52 bits per heavy atom. The molecule has 0 spiro atoms. The molecule has 23 heavy (non-hydrogen) atoms. The Hall–Kier alpha value is -1.98. The fourth-order valence-corrected chi connectivity index (χ4v) is 3.30. The summed E-state index contributed by atoms with van der Waals surface area (Å²) in [5.74, 6) is 7.63. The Balaban J connectivity index is 1.61. The van der Waals surface area contributed by atoms with E-state index in [1.807, 2.05) is 30.3 Å². The first kappa shape index (κ1) is 15.9. The molecular formula is C17H17ClN4S. The Morgan fingerprint density at radius 1 is 1.00 bits per heavy atom. The van der Waals surface area contributed by atoms with Crippen LogP contribution in [0.5, 0.6) is 0 Å². The van der Waals surface area contributed by atoms with Crippen molar-refractivity contribution >= 4 is 23.4 Å². The third-order valence-corrected chi connectivity index (χ3v) is 4.82. The molecule has 2 N–H and O–H groups in total. The van der Waals surface area contributed by atoms with Crippen molar-refractivity contribution < 1.29 is 0 Å². The Morgan fingerprint density at radius 2 is 1.74 bits per heavy atom. The van der Waals surface area contributed by atoms with E-state index in [0.717, 1.165) is 24.2 Å². The van der Waals surface area contributed by atoms with Crippen molar-refractivity contribution in [2.24, 2.45) is 0 Å². The maximum Gasteiger partial charge on any atom is 0.210 e. The zero-order chi connectivity index (χ0) is 16.1. The van der Waals surface area contributed by atoms with Crippen LogP contribution in [0, 0.1) is 0 Å². The maximum absolute atomic E-state index is 6.19. The SMILES string of the molecule is Nn1c(SCCCc2ccccc2)nnc1-c1ccccc1Cl. The lowest BCUT2D eigenvalue weighted by atomic mass is 10.1. The van der Waals surface area contributed by atoms with Crippen molar-refractivity contribution in [1.82, 2.24) is 14.9 Å². The molecule has 118 valence electrons. The van der Waals surface area contributed by atoms with Gasteiger partial charge >= 0.3 is 0 Å². The van der Waals surface area contributed by atoms with Crippen LogP contribution in [0.2, 0.25) is 5.02 Å². The number of rotatable bonds is 6. The zero-order valence-corrected chi connectivity index (χ0v) is 14.1. The van der Waals surface area contributed by atoms with E-state index in [0.29, 0.717) is 16.0 Å². The maximum atomic E-state index is 6.19. The largest absolute Gasteiger partial charge is 0.335 e. The van der Waals surface area contributed by atoms with E-state index >= 15 is 0 Å². The topological polar surface area (TPSA) is 56.7 Å². The first-order chi connectivity index (χ1) is 11.3. The highest BCUT2D eigenvalue weighted by atomic mass is 35.5. The number of nitrogen functional groups attached to an aromatic ring is 1. The highest BCUT2D eigenvalue weighted by molar-refractivity contribution is 7.99. The summed E-state index contributed by atoms with van der Waals surface area (Å²) in [6.07, 6.45) is 2.10. The lowest BCUT2D eigenvalue weighted by Crippen LogP contribution is -2.11. The normalized spacial score (nSPS) is 10.8. The molecule has 1 aromatic heterocycles. The Labute approximate surface area is 144 Å². The van der Waals surface area contributed by atoms with E-state index in [4.69, 9.17) is 17.4 Å². The fraction of sp³-hybridized carbons (Fsp3) is 0.176. The molecule has 0 saturated carbocycles. The van der Waals surface area contributed by atoms with Gasteiger partial charge in [0.2, 0.25) is 5.16 Å². The first-order valence-electron chi connectivity index (χ1n) is 7.38. The molecule has 0 aliphatic carbocycles. The van der Waals surface area contributed by atoms with Gasteiger partial charge in [0, 0.05) is 11.3 Å². The van der Waals surface area contributed by atoms with Crippen LogP contribution in [-0.2, 0) is 6.42 Å². The second-order valence-corrected chi connectivity index (χ2v) is 6.56. The molecule has 0 radical (unpaired) electrons. The van der Waals surface area contributed by atoms with Crippen LogP contribution >= 0.6 is 23.4 Å². The summed E-state index contributed by atoms with van der Waals surface area (Å²) in [7, 11) is 0. The average Bonchev–Trinajstić information content (AvgIpc) is 2.94. The standard InChI is InChI=1S/C17H17ClN4S/c18-15-11-5-4-10-14(15)16-20-21-17(22(16)19)23-12-6-9-13-7-2-1-3-8-13/h1-5,7-8,10-11H,6,9,12,19H2. The molecule has 4 nitrogen and oxygen atoms in total. The molecule has 3 rings (SSSR count). The molecule has 6 heteroatoms. The van der Waals surface area contributed by atoms with E-state index in [9.17, 15) is 0 Å². The summed E-state index contributed by atoms with van der Waals surface area (Å²) in [5, 5.41) is 9.66. The first-order valence-corrected chi connectivity index (χ1v) is 8.74. The molecule has 0 amide bonds. The highest BCUT2D eigenvalue weighted by Gasteiger charge is 2.14. The lowest BCUT2D eigenvalue weighted by Gasteiger charge is -2.05. The summed E-state index contributed by atoms with van der Waals surface area (Å²) >= 11 is 7.80. The second-order valence-electron chi connectivity index (χ2n) is 5.09. The van der Waals surface area contributed by atoms with Crippen LogP contribution in [0.25, 0.3) is 11.4 Å². The monoisotopic (exact) mass is 344 g/mol. The van der Waals surface area contributed by atoms with Crippen molar-refractivity contribution in [1.29, 1.82) is 0 Å². The van der Waals surface area contributed by atoms with Gasteiger partial charge in [-0.1, -0.05) is 65.8 Å². The summed E-state index contributed by atoms with van der Waals surface area (Å²) in [4.78, 5) is 0. The van der Waals surface area contributed by atoms with Gasteiger partial charge < -0.3 is 5.84 Å². The summed E-state index contributed by atoms with van der Waals surface area (Å²) < 4.78 is 1.51. The number of hydrogen-bond acceptors (Lipinski definition) is 4. The Bertz CT molecular complexity index is 773. The van der Waals surface area contributed by atoms with Crippen LogP contribution in [0.1, 0.15) is 12.0 Å². The highest BCUT2D eigenvalue weighted by Crippen LogP contribution is 2.27. The number of aryl methyl sites for hydroxylation is 1. The third kappa shape index (κ3) is 3.86. The van der Waals surface area contributed by atoms with E-state index in [-0.39, 0.29) is 0 Å². The number of thioether (sulfide) groups is 1. The van der Waals surface area contributed by atoms with Crippen molar-refractivity contribution in [3.8, 4) is 11.4 Å². The van der Waals surface area contributed by atoms with E-state index < -0.39 is 0 Å². The number of halogens is 1. The van der Waals surface area contributed by atoms with Crippen LogP contribution in [0.3, 0.4) is 0 Å². The predicted octanol–water partition coefficient (Wildman–Crippen LogP) is 4.04. The minimum absolute atomic E-state index is 0.584. The summed E-state index contributed by atoms with van der Waals surface area (Å²) in [6, 6.07) is 17.9. The minimum atomic E-state index is 0.584. The van der Waals surface area contributed by atoms with Crippen molar-refractivity contribution in [2.75, 3.05) is 11.6 Å².